The molecule has 7 nitrogen and oxygen atoms in total. The van der Waals surface area contributed by atoms with E-state index >= 15 is 0 Å². The Labute approximate surface area is 200 Å². The number of benzene rings is 2. The highest BCUT2D eigenvalue weighted by Crippen LogP contribution is 2.28. The van der Waals surface area contributed by atoms with Crippen molar-refractivity contribution < 1.29 is 9.59 Å². The zero-order valence-corrected chi connectivity index (χ0v) is 19.9. The molecule has 3 aromatic rings. The lowest BCUT2D eigenvalue weighted by Gasteiger charge is -2.36. The molecule has 1 fully saturated rings. The standard InChI is InChI=1S/C27H31N5O2/c1-20-11-13-22(14-12-20)30-16-18-31(19-17-30)27(34)24-25(28-23-10-6-7-15-32(23)24)29(2)26(33)21-8-4-3-5-9-21/h3-5,8-9,11-14H,6-7,10,15-19H2,1-2H3. The average Bonchev–Trinajstić information content (AvgIpc) is 3.28. The second kappa shape index (κ2) is 9.33. The smallest absolute Gasteiger partial charge is 0.274 e. The number of hydrogen-bond acceptors (Lipinski definition) is 4. The summed E-state index contributed by atoms with van der Waals surface area (Å²) in [6, 6.07) is 17.7. The van der Waals surface area contributed by atoms with Crippen molar-refractivity contribution in [2.45, 2.75) is 32.7 Å². The van der Waals surface area contributed by atoms with Crippen LogP contribution in [0.3, 0.4) is 0 Å². The van der Waals surface area contributed by atoms with Crippen molar-refractivity contribution in [3.8, 4) is 0 Å². The van der Waals surface area contributed by atoms with Crippen molar-refractivity contribution >= 4 is 23.3 Å². The molecule has 0 spiro atoms. The number of anilines is 2. The first-order valence-corrected chi connectivity index (χ1v) is 12.1. The summed E-state index contributed by atoms with van der Waals surface area (Å²) in [5, 5.41) is 0. The molecule has 2 aliphatic rings. The lowest BCUT2D eigenvalue weighted by Crippen LogP contribution is -2.49. The van der Waals surface area contributed by atoms with Gasteiger partial charge in [-0.1, -0.05) is 35.9 Å². The zero-order valence-electron chi connectivity index (χ0n) is 19.9. The lowest BCUT2D eigenvalue weighted by molar-refractivity contribution is 0.0735. The number of rotatable bonds is 4. The van der Waals surface area contributed by atoms with Crippen LogP contribution in [0.15, 0.2) is 54.6 Å². The summed E-state index contributed by atoms with van der Waals surface area (Å²) in [5.41, 5.74) is 3.56. The highest BCUT2D eigenvalue weighted by atomic mass is 16.2. The Morgan fingerprint density at radius 2 is 1.59 bits per heavy atom. The molecule has 0 unspecified atom stereocenters. The fraction of sp³-hybridized carbons (Fsp3) is 0.370. The predicted octanol–water partition coefficient (Wildman–Crippen LogP) is 3.77. The highest BCUT2D eigenvalue weighted by Gasteiger charge is 2.33. The van der Waals surface area contributed by atoms with Gasteiger partial charge in [-0.05, 0) is 44.0 Å². The minimum atomic E-state index is -0.158. The van der Waals surface area contributed by atoms with Gasteiger partial charge >= 0.3 is 0 Å². The van der Waals surface area contributed by atoms with Gasteiger partial charge in [0.05, 0.1) is 0 Å². The molecule has 2 aliphatic heterocycles. The third-order valence-electron chi connectivity index (χ3n) is 6.87. The number of amides is 2. The normalized spacial score (nSPS) is 15.7. The second-order valence-corrected chi connectivity index (χ2v) is 9.15. The molecule has 0 N–H and O–H groups in total. The van der Waals surface area contributed by atoms with Gasteiger partial charge in [0.25, 0.3) is 11.8 Å². The quantitative estimate of drug-likeness (QED) is 0.599. The summed E-state index contributed by atoms with van der Waals surface area (Å²) in [4.78, 5) is 37.6. The number of fused-ring (bicyclic) bond motifs is 1. The molecule has 1 aromatic heterocycles. The Balaban J connectivity index is 1.39. The van der Waals surface area contributed by atoms with Gasteiger partial charge in [-0.15, -0.1) is 0 Å². The van der Waals surface area contributed by atoms with Crippen molar-refractivity contribution in [1.82, 2.24) is 14.5 Å². The summed E-state index contributed by atoms with van der Waals surface area (Å²) in [6.45, 7) is 5.70. The van der Waals surface area contributed by atoms with Crippen LogP contribution in [-0.2, 0) is 13.0 Å². The maximum atomic E-state index is 13.8. The molecule has 2 aromatic carbocycles. The van der Waals surface area contributed by atoms with Crippen molar-refractivity contribution in [3.63, 3.8) is 0 Å². The van der Waals surface area contributed by atoms with Crippen molar-refractivity contribution in [2.75, 3.05) is 43.0 Å². The summed E-state index contributed by atoms with van der Waals surface area (Å²) in [6.07, 6.45) is 2.89. The molecule has 2 amide bonds. The Morgan fingerprint density at radius 3 is 2.29 bits per heavy atom. The van der Waals surface area contributed by atoms with Crippen molar-refractivity contribution in [3.05, 3.63) is 77.2 Å². The fourth-order valence-corrected chi connectivity index (χ4v) is 4.86. The Hall–Kier alpha value is -3.61. The molecule has 3 heterocycles. The zero-order chi connectivity index (χ0) is 23.7. The Bertz CT molecular complexity index is 1180. The first-order valence-electron chi connectivity index (χ1n) is 12.1. The van der Waals surface area contributed by atoms with Gasteiger partial charge in [-0.2, -0.15) is 0 Å². The number of carbonyl (C=O) groups is 2. The largest absolute Gasteiger partial charge is 0.368 e. The highest BCUT2D eigenvalue weighted by molar-refractivity contribution is 6.09. The van der Waals surface area contributed by atoms with Crippen molar-refractivity contribution in [1.29, 1.82) is 0 Å². The van der Waals surface area contributed by atoms with Crippen LogP contribution < -0.4 is 9.80 Å². The van der Waals surface area contributed by atoms with Crippen LogP contribution in [0.2, 0.25) is 0 Å². The molecule has 176 valence electrons. The number of aryl methyl sites for hydroxylation is 2. The van der Waals surface area contributed by atoms with E-state index in [2.05, 4.69) is 36.1 Å². The molecule has 0 radical (unpaired) electrons. The minimum absolute atomic E-state index is 0.0353. The molecule has 1 saturated heterocycles. The Morgan fingerprint density at radius 1 is 0.882 bits per heavy atom. The molecule has 0 saturated carbocycles. The Kier molecular flexibility index (Phi) is 6.09. The van der Waals surface area contributed by atoms with Crippen molar-refractivity contribution in [2.24, 2.45) is 0 Å². The maximum absolute atomic E-state index is 13.8. The van der Waals surface area contributed by atoms with Gasteiger partial charge in [0, 0.05) is 57.4 Å². The van der Waals surface area contributed by atoms with Crippen LogP contribution >= 0.6 is 0 Å². The molecule has 34 heavy (non-hydrogen) atoms. The molecule has 0 aliphatic carbocycles. The summed E-state index contributed by atoms with van der Waals surface area (Å²) in [5.74, 6) is 1.17. The van der Waals surface area contributed by atoms with Crippen LogP contribution in [0.1, 0.15) is 45.1 Å². The third-order valence-corrected chi connectivity index (χ3v) is 6.87. The molecular weight excluding hydrogens is 426 g/mol. The monoisotopic (exact) mass is 457 g/mol. The summed E-state index contributed by atoms with van der Waals surface area (Å²) < 4.78 is 2.04. The molecule has 7 heteroatoms. The van der Waals surface area contributed by atoms with Gasteiger partial charge in [-0.25, -0.2) is 4.98 Å². The number of aromatic nitrogens is 2. The van der Waals surface area contributed by atoms with Gasteiger partial charge in [-0.3, -0.25) is 14.5 Å². The summed E-state index contributed by atoms with van der Waals surface area (Å²) >= 11 is 0. The van der Waals surface area contributed by atoms with E-state index in [9.17, 15) is 9.59 Å². The SMILES string of the molecule is Cc1ccc(N2CCN(C(=O)c3c(N(C)C(=O)c4ccccc4)nc4n3CCCC4)CC2)cc1. The van der Waals surface area contributed by atoms with Gasteiger partial charge in [0.2, 0.25) is 0 Å². The number of carbonyl (C=O) groups excluding carboxylic acids is 2. The van der Waals surface area contributed by atoms with E-state index in [0.29, 0.717) is 30.2 Å². The number of imidazole rings is 1. The van der Waals surface area contributed by atoms with E-state index in [1.165, 1.54) is 16.2 Å². The fourth-order valence-electron chi connectivity index (χ4n) is 4.86. The van der Waals surface area contributed by atoms with Crippen LogP contribution in [0.5, 0.6) is 0 Å². The van der Waals surface area contributed by atoms with Gasteiger partial charge < -0.3 is 14.4 Å². The lowest BCUT2D eigenvalue weighted by atomic mass is 10.1. The first kappa shape index (κ1) is 22.2. The summed E-state index contributed by atoms with van der Waals surface area (Å²) in [7, 11) is 1.72. The molecule has 0 bridgehead atoms. The van der Waals surface area contributed by atoms with Crippen LogP contribution in [-0.4, -0.2) is 59.5 Å². The van der Waals surface area contributed by atoms with E-state index in [-0.39, 0.29) is 11.8 Å². The van der Waals surface area contributed by atoms with E-state index < -0.39 is 0 Å². The van der Waals surface area contributed by atoms with Crippen LogP contribution in [0.25, 0.3) is 0 Å². The predicted molar refractivity (Wildman–Crippen MR) is 134 cm³/mol. The van der Waals surface area contributed by atoms with Crippen LogP contribution in [0.4, 0.5) is 11.5 Å². The number of nitrogens with zero attached hydrogens (tertiary/aromatic N) is 5. The van der Waals surface area contributed by atoms with E-state index in [1.807, 2.05) is 27.7 Å². The topological polar surface area (TPSA) is 61.7 Å². The van der Waals surface area contributed by atoms with E-state index in [4.69, 9.17) is 4.98 Å². The number of hydrogen-bond donors (Lipinski definition) is 0. The van der Waals surface area contributed by atoms with E-state index in [0.717, 1.165) is 44.7 Å². The van der Waals surface area contributed by atoms with E-state index in [1.54, 1.807) is 19.2 Å². The molecule has 5 rings (SSSR count). The molecular formula is C27H31N5O2. The number of piperazine rings is 1. The second-order valence-electron chi connectivity index (χ2n) is 9.15. The average molecular weight is 458 g/mol. The third kappa shape index (κ3) is 4.18. The van der Waals surface area contributed by atoms with Gasteiger partial charge in [0.1, 0.15) is 5.82 Å². The molecule has 0 atom stereocenters. The maximum Gasteiger partial charge on any atom is 0.274 e. The minimum Gasteiger partial charge on any atom is -0.368 e. The van der Waals surface area contributed by atoms with Crippen LogP contribution in [0, 0.1) is 6.92 Å². The van der Waals surface area contributed by atoms with Gasteiger partial charge in [0.15, 0.2) is 11.5 Å². The first-order chi connectivity index (χ1) is 16.5.